The van der Waals surface area contributed by atoms with Gasteiger partial charge in [-0.05, 0) is 47.3 Å². The maximum absolute atomic E-state index is 6.54. The van der Waals surface area contributed by atoms with E-state index >= 15 is 0 Å². The molecule has 1 aliphatic rings. The van der Waals surface area contributed by atoms with Crippen LogP contribution in [0.5, 0.6) is 11.5 Å². The molecule has 0 atom stereocenters. The van der Waals surface area contributed by atoms with E-state index in [-0.39, 0.29) is 5.54 Å². The molecule has 18 heavy (non-hydrogen) atoms. The number of hydrogen-bond donors (Lipinski definition) is 1. The van der Waals surface area contributed by atoms with Crippen LogP contribution in [0.15, 0.2) is 10.5 Å². The van der Waals surface area contributed by atoms with E-state index in [4.69, 9.17) is 15.2 Å². The Kier molecular flexibility index (Phi) is 3.87. The van der Waals surface area contributed by atoms with Crippen LogP contribution in [-0.4, -0.2) is 14.2 Å². The van der Waals surface area contributed by atoms with E-state index in [0.29, 0.717) is 0 Å². The Morgan fingerprint density at radius 2 is 1.72 bits per heavy atom. The van der Waals surface area contributed by atoms with Gasteiger partial charge in [0.1, 0.15) is 16.0 Å². The highest BCUT2D eigenvalue weighted by Crippen LogP contribution is 2.47. The van der Waals surface area contributed by atoms with Crippen LogP contribution in [0, 0.1) is 6.92 Å². The fourth-order valence-electron chi connectivity index (χ4n) is 2.84. The molecule has 100 valence electrons. The van der Waals surface area contributed by atoms with Crippen LogP contribution < -0.4 is 15.2 Å². The Morgan fingerprint density at radius 1 is 1.17 bits per heavy atom. The summed E-state index contributed by atoms with van der Waals surface area (Å²) in [6.45, 7) is 2.03. The molecule has 1 aromatic carbocycles. The molecule has 0 radical (unpaired) electrons. The fourth-order valence-corrected chi connectivity index (χ4v) is 3.69. The number of nitrogens with two attached hydrogens (primary N) is 1. The summed E-state index contributed by atoms with van der Waals surface area (Å²) in [5.74, 6) is 1.62. The van der Waals surface area contributed by atoms with Crippen molar-refractivity contribution in [2.24, 2.45) is 5.73 Å². The Hall–Kier alpha value is -0.740. The van der Waals surface area contributed by atoms with Gasteiger partial charge in [-0.2, -0.15) is 0 Å². The van der Waals surface area contributed by atoms with Crippen molar-refractivity contribution < 1.29 is 9.47 Å². The van der Waals surface area contributed by atoms with Crippen molar-refractivity contribution in [2.75, 3.05) is 14.2 Å². The number of halogens is 1. The number of hydrogen-bond acceptors (Lipinski definition) is 3. The van der Waals surface area contributed by atoms with E-state index in [1.165, 1.54) is 12.8 Å². The number of rotatable bonds is 3. The first-order valence-electron chi connectivity index (χ1n) is 6.24. The molecule has 0 saturated heterocycles. The summed E-state index contributed by atoms with van der Waals surface area (Å²) in [7, 11) is 3.34. The molecule has 2 N–H and O–H groups in total. The topological polar surface area (TPSA) is 44.5 Å². The van der Waals surface area contributed by atoms with Crippen LogP contribution in [0.1, 0.15) is 36.8 Å². The van der Waals surface area contributed by atoms with Gasteiger partial charge in [-0.3, -0.25) is 0 Å². The lowest BCUT2D eigenvalue weighted by Crippen LogP contribution is -2.33. The minimum absolute atomic E-state index is 0.259. The van der Waals surface area contributed by atoms with Crippen LogP contribution >= 0.6 is 15.9 Å². The third-order valence-corrected chi connectivity index (χ3v) is 4.52. The third kappa shape index (κ3) is 2.12. The van der Waals surface area contributed by atoms with E-state index in [1.807, 2.05) is 6.92 Å². The zero-order chi connectivity index (χ0) is 13.3. The SMILES string of the molecule is COc1c(C)cc(C2(N)CCCC2)c(OC)c1Br. The van der Waals surface area contributed by atoms with Crippen molar-refractivity contribution in [1.82, 2.24) is 0 Å². The quantitative estimate of drug-likeness (QED) is 0.928. The summed E-state index contributed by atoms with van der Waals surface area (Å²) < 4.78 is 11.8. The van der Waals surface area contributed by atoms with Crippen molar-refractivity contribution in [1.29, 1.82) is 0 Å². The monoisotopic (exact) mass is 313 g/mol. The predicted octanol–water partition coefficient (Wildman–Crippen LogP) is 3.50. The highest BCUT2D eigenvalue weighted by Gasteiger charge is 2.35. The average molecular weight is 314 g/mol. The minimum Gasteiger partial charge on any atom is -0.495 e. The lowest BCUT2D eigenvalue weighted by molar-refractivity contribution is 0.364. The molecule has 2 rings (SSSR count). The summed E-state index contributed by atoms with van der Waals surface area (Å²) >= 11 is 3.57. The molecule has 0 bridgehead atoms. The van der Waals surface area contributed by atoms with E-state index < -0.39 is 0 Å². The Balaban J connectivity index is 2.60. The highest BCUT2D eigenvalue weighted by molar-refractivity contribution is 9.10. The van der Waals surface area contributed by atoms with E-state index in [2.05, 4.69) is 22.0 Å². The normalized spacial score (nSPS) is 17.8. The first-order valence-corrected chi connectivity index (χ1v) is 7.03. The molecule has 1 saturated carbocycles. The first-order chi connectivity index (χ1) is 8.53. The van der Waals surface area contributed by atoms with Gasteiger partial charge < -0.3 is 15.2 Å². The maximum Gasteiger partial charge on any atom is 0.141 e. The summed E-state index contributed by atoms with van der Waals surface area (Å²) in [6.07, 6.45) is 4.40. The molecule has 0 amide bonds. The van der Waals surface area contributed by atoms with E-state index in [0.717, 1.165) is 39.9 Å². The van der Waals surface area contributed by atoms with Crippen molar-refractivity contribution >= 4 is 15.9 Å². The molecule has 0 spiro atoms. The van der Waals surface area contributed by atoms with E-state index in [9.17, 15) is 0 Å². The largest absolute Gasteiger partial charge is 0.495 e. The second-order valence-electron chi connectivity index (χ2n) is 4.98. The highest BCUT2D eigenvalue weighted by atomic mass is 79.9. The van der Waals surface area contributed by atoms with Crippen molar-refractivity contribution in [3.05, 3.63) is 21.7 Å². The van der Waals surface area contributed by atoms with Gasteiger partial charge >= 0.3 is 0 Å². The van der Waals surface area contributed by atoms with Gasteiger partial charge in [0.15, 0.2) is 0 Å². The van der Waals surface area contributed by atoms with Gasteiger partial charge in [-0.25, -0.2) is 0 Å². The van der Waals surface area contributed by atoms with Crippen LogP contribution in [0.3, 0.4) is 0 Å². The van der Waals surface area contributed by atoms with Gasteiger partial charge in [-0.1, -0.05) is 12.8 Å². The Labute approximate surface area is 117 Å². The molecule has 1 aromatic rings. The second-order valence-corrected chi connectivity index (χ2v) is 5.78. The van der Waals surface area contributed by atoms with Gasteiger partial charge in [0.05, 0.1) is 14.2 Å². The average Bonchev–Trinajstić information content (AvgIpc) is 2.77. The number of methoxy groups -OCH3 is 2. The summed E-state index contributed by atoms with van der Waals surface area (Å²) in [6, 6.07) is 2.10. The van der Waals surface area contributed by atoms with Crippen LogP contribution in [0.2, 0.25) is 0 Å². The third-order valence-electron chi connectivity index (χ3n) is 3.80. The summed E-state index contributed by atoms with van der Waals surface area (Å²) in [5.41, 5.74) is 8.46. The zero-order valence-corrected chi connectivity index (χ0v) is 12.8. The molecule has 0 aromatic heterocycles. The lowest BCUT2D eigenvalue weighted by atomic mass is 9.87. The molecular formula is C14H20BrNO2. The maximum atomic E-state index is 6.54. The Morgan fingerprint density at radius 3 is 2.22 bits per heavy atom. The molecule has 1 fully saturated rings. The van der Waals surface area contributed by atoms with Gasteiger partial charge in [0.25, 0.3) is 0 Å². The van der Waals surface area contributed by atoms with Crippen molar-refractivity contribution in [3.8, 4) is 11.5 Å². The second kappa shape index (κ2) is 5.10. The molecule has 4 heteroatoms. The molecule has 0 heterocycles. The van der Waals surface area contributed by atoms with Crippen LogP contribution in [0.25, 0.3) is 0 Å². The van der Waals surface area contributed by atoms with Crippen molar-refractivity contribution in [3.63, 3.8) is 0 Å². The lowest BCUT2D eigenvalue weighted by Gasteiger charge is -2.28. The summed E-state index contributed by atoms with van der Waals surface area (Å²) in [5, 5.41) is 0. The summed E-state index contributed by atoms with van der Waals surface area (Å²) in [4.78, 5) is 0. The standard InChI is InChI=1S/C14H20BrNO2/c1-9-8-10(14(16)6-4-5-7-14)13(18-3)11(15)12(9)17-2/h8H,4-7,16H2,1-3H3. The molecule has 0 unspecified atom stereocenters. The number of ether oxygens (including phenoxy) is 2. The molecule has 1 aliphatic carbocycles. The van der Waals surface area contributed by atoms with Gasteiger partial charge in [-0.15, -0.1) is 0 Å². The van der Waals surface area contributed by atoms with Crippen LogP contribution in [0.4, 0.5) is 0 Å². The number of aryl methyl sites for hydroxylation is 1. The predicted molar refractivity (Wildman–Crippen MR) is 76.3 cm³/mol. The molecular weight excluding hydrogens is 294 g/mol. The number of benzene rings is 1. The first kappa shape index (κ1) is 13.7. The fraction of sp³-hybridized carbons (Fsp3) is 0.571. The van der Waals surface area contributed by atoms with E-state index in [1.54, 1.807) is 14.2 Å². The minimum atomic E-state index is -0.259. The van der Waals surface area contributed by atoms with Crippen LogP contribution in [-0.2, 0) is 5.54 Å². The Bertz CT molecular complexity index is 454. The molecule has 0 aliphatic heterocycles. The van der Waals surface area contributed by atoms with Gasteiger partial charge in [0, 0.05) is 11.1 Å². The zero-order valence-electron chi connectivity index (χ0n) is 11.2. The molecule has 3 nitrogen and oxygen atoms in total. The smallest absolute Gasteiger partial charge is 0.141 e. The van der Waals surface area contributed by atoms with Crippen molar-refractivity contribution in [2.45, 2.75) is 38.1 Å². The van der Waals surface area contributed by atoms with Gasteiger partial charge in [0.2, 0.25) is 0 Å².